The van der Waals surface area contributed by atoms with Gasteiger partial charge in [-0.3, -0.25) is 0 Å². The Morgan fingerprint density at radius 3 is 2.29 bits per heavy atom. The molecule has 0 saturated carbocycles. The third kappa shape index (κ3) is 13.9. The lowest BCUT2D eigenvalue weighted by atomic mass is 10.3. The molecule has 1 aromatic rings. The first kappa shape index (κ1) is 24.7. The number of hydrogen-bond acceptors (Lipinski definition) is 6. The van der Waals surface area contributed by atoms with E-state index in [-0.39, 0.29) is 24.8 Å². The van der Waals surface area contributed by atoms with Crippen LogP contribution in [0, 0.1) is 0 Å². The molecule has 152 valence electrons. The Kier molecular flexibility index (Phi) is 14.0. The van der Waals surface area contributed by atoms with Gasteiger partial charge in [-0.2, -0.15) is 0 Å². The van der Waals surface area contributed by atoms with Gasteiger partial charge in [0.25, 0.3) is 0 Å². The summed E-state index contributed by atoms with van der Waals surface area (Å²) in [5.41, 5.74) is -0.0258. The summed E-state index contributed by atoms with van der Waals surface area (Å²) in [6, 6.07) is 9.11. The maximum Gasteiger partial charge on any atom is 0.337 e. The molecule has 0 aromatic heterocycles. The van der Waals surface area contributed by atoms with Crippen LogP contribution in [0.4, 0.5) is 0 Å². The van der Waals surface area contributed by atoms with E-state index in [2.05, 4.69) is 17.9 Å². The average Bonchev–Trinajstić information content (AvgIpc) is 2.70. The van der Waals surface area contributed by atoms with Crippen LogP contribution < -0.4 is 4.74 Å². The van der Waals surface area contributed by atoms with Gasteiger partial charge in [0.2, 0.25) is 0 Å². The van der Waals surface area contributed by atoms with E-state index in [1.165, 1.54) is 6.08 Å². The van der Waals surface area contributed by atoms with Gasteiger partial charge in [-0.25, -0.2) is 14.4 Å². The summed E-state index contributed by atoms with van der Waals surface area (Å²) in [6.07, 6.45) is 5.06. The number of rotatable bonds is 11. The number of carbonyl (C=O) groups excluding carboxylic acids is 2. The monoisotopic (exact) mass is 390 g/mol. The second kappa shape index (κ2) is 15.9. The Balaban J connectivity index is 0.000000684. The smallest absolute Gasteiger partial charge is 0.337 e. The Labute approximate surface area is 164 Å². The molecule has 0 atom stereocenters. The van der Waals surface area contributed by atoms with Crippen LogP contribution in [0.3, 0.4) is 0 Å². The molecule has 0 fully saturated rings. The molecule has 7 nitrogen and oxygen atoms in total. The molecule has 28 heavy (non-hydrogen) atoms. The van der Waals surface area contributed by atoms with Crippen molar-refractivity contribution in [1.82, 2.24) is 0 Å². The van der Waals surface area contributed by atoms with Gasteiger partial charge in [-0.15, -0.1) is 0 Å². The van der Waals surface area contributed by atoms with Crippen molar-refractivity contribution in [3.05, 3.63) is 67.3 Å². The van der Waals surface area contributed by atoms with Gasteiger partial charge in [0, 0.05) is 12.2 Å². The number of ether oxygens (including phenoxy) is 3. The van der Waals surface area contributed by atoms with Crippen molar-refractivity contribution in [1.29, 1.82) is 0 Å². The van der Waals surface area contributed by atoms with Crippen molar-refractivity contribution in [3.63, 3.8) is 0 Å². The summed E-state index contributed by atoms with van der Waals surface area (Å²) >= 11 is 0. The Morgan fingerprint density at radius 1 is 1.04 bits per heavy atom. The summed E-state index contributed by atoms with van der Waals surface area (Å²) in [5.74, 6) is -1.47. The van der Waals surface area contributed by atoms with E-state index in [9.17, 15) is 14.4 Å². The van der Waals surface area contributed by atoms with Crippen LogP contribution in [-0.4, -0.2) is 42.8 Å². The Morgan fingerprint density at radius 2 is 1.71 bits per heavy atom. The average molecular weight is 390 g/mol. The minimum absolute atomic E-state index is 0.0258. The molecule has 0 radical (unpaired) electrons. The molecule has 1 aromatic carbocycles. The lowest BCUT2D eigenvalue weighted by Crippen LogP contribution is -2.12. The molecule has 0 unspecified atom stereocenters. The maximum atomic E-state index is 11.3. The normalized spacial score (nSPS) is 9.61. The van der Waals surface area contributed by atoms with Crippen molar-refractivity contribution in [2.24, 2.45) is 0 Å². The Hall–Kier alpha value is -3.35. The van der Waals surface area contributed by atoms with Gasteiger partial charge in [0.15, 0.2) is 0 Å². The summed E-state index contributed by atoms with van der Waals surface area (Å²) in [4.78, 5) is 31.9. The number of carboxylic acids is 1. The molecule has 0 amide bonds. The van der Waals surface area contributed by atoms with Crippen molar-refractivity contribution in [2.45, 2.75) is 19.8 Å². The fourth-order valence-electron chi connectivity index (χ4n) is 1.52. The fourth-order valence-corrected chi connectivity index (χ4v) is 1.52. The molecule has 0 aliphatic heterocycles. The molecular weight excluding hydrogens is 364 g/mol. The highest BCUT2D eigenvalue weighted by molar-refractivity contribution is 5.93. The number of para-hydroxylation sites is 1. The van der Waals surface area contributed by atoms with Crippen molar-refractivity contribution in [3.8, 4) is 5.75 Å². The summed E-state index contributed by atoms with van der Waals surface area (Å²) in [6.45, 7) is 9.50. The molecule has 0 spiro atoms. The first-order valence-corrected chi connectivity index (χ1v) is 8.64. The minimum atomic E-state index is -1.15. The third-order valence-corrected chi connectivity index (χ3v) is 2.93. The van der Waals surface area contributed by atoms with Crippen molar-refractivity contribution in [2.75, 3.05) is 19.8 Å². The second-order valence-corrected chi connectivity index (χ2v) is 5.22. The first-order valence-electron chi connectivity index (χ1n) is 8.64. The molecule has 0 bridgehead atoms. The maximum absolute atomic E-state index is 11.3. The van der Waals surface area contributed by atoms with Gasteiger partial charge < -0.3 is 19.3 Å². The predicted molar refractivity (Wildman–Crippen MR) is 105 cm³/mol. The van der Waals surface area contributed by atoms with E-state index in [4.69, 9.17) is 14.6 Å². The van der Waals surface area contributed by atoms with E-state index in [1.807, 2.05) is 25.1 Å². The second-order valence-electron chi connectivity index (χ2n) is 5.22. The third-order valence-electron chi connectivity index (χ3n) is 2.93. The largest absolute Gasteiger partial charge is 0.490 e. The molecule has 1 N–H and O–H groups in total. The summed E-state index contributed by atoms with van der Waals surface area (Å²) in [7, 11) is 0. The van der Waals surface area contributed by atoms with E-state index in [1.54, 1.807) is 12.1 Å². The van der Waals surface area contributed by atoms with Crippen molar-refractivity contribution < 1.29 is 33.7 Å². The number of benzene rings is 1. The quantitative estimate of drug-likeness (QED) is 0.268. The molecule has 0 saturated heterocycles. The number of hydrogen-bond donors (Lipinski definition) is 1. The van der Waals surface area contributed by atoms with E-state index < -0.39 is 11.9 Å². The lowest BCUT2D eigenvalue weighted by molar-refractivity contribution is -0.139. The lowest BCUT2D eigenvalue weighted by Gasteiger charge is -2.06. The van der Waals surface area contributed by atoms with Gasteiger partial charge in [0.1, 0.15) is 19.0 Å². The van der Waals surface area contributed by atoms with E-state index >= 15 is 0 Å². The summed E-state index contributed by atoms with van der Waals surface area (Å²) < 4.78 is 14.8. The number of carboxylic acid groups (broad SMARTS) is 1. The molecule has 7 heteroatoms. The van der Waals surface area contributed by atoms with Crippen LogP contribution in [0.1, 0.15) is 19.8 Å². The van der Waals surface area contributed by atoms with Crippen LogP contribution in [-0.2, 0) is 23.9 Å². The first-order chi connectivity index (χ1) is 13.4. The SMILES string of the molecule is C=C(C=CC(=O)O)C(=O)OCCOc1ccccc1.C=CC(=O)OCCCC. The zero-order valence-corrected chi connectivity index (χ0v) is 16.0. The number of aliphatic carboxylic acids is 1. The van der Waals surface area contributed by atoms with E-state index in [0.29, 0.717) is 12.4 Å². The number of carbonyl (C=O) groups is 3. The molecule has 0 heterocycles. The van der Waals surface area contributed by atoms with Gasteiger partial charge >= 0.3 is 17.9 Å². The number of unbranched alkanes of at least 4 members (excludes halogenated alkanes) is 1. The predicted octanol–water partition coefficient (Wildman–Crippen LogP) is 3.32. The molecule has 0 aliphatic rings. The zero-order valence-electron chi connectivity index (χ0n) is 16.0. The van der Waals surface area contributed by atoms with Crippen LogP contribution in [0.2, 0.25) is 0 Å². The van der Waals surface area contributed by atoms with E-state index in [0.717, 1.165) is 25.0 Å². The zero-order chi connectivity index (χ0) is 21.2. The molecule has 1 rings (SSSR count). The minimum Gasteiger partial charge on any atom is -0.490 e. The number of esters is 2. The fraction of sp³-hybridized carbons (Fsp3) is 0.286. The van der Waals surface area contributed by atoms with Crippen LogP contribution in [0.15, 0.2) is 67.3 Å². The van der Waals surface area contributed by atoms with Gasteiger partial charge in [-0.05, 0) is 24.6 Å². The highest BCUT2D eigenvalue weighted by atomic mass is 16.6. The standard InChI is InChI=1S/C14H14O5.C7H12O2/c1-11(7-8-13(15)16)14(17)19-10-9-18-12-5-3-2-4-6-12;1-3-5-6-9-7(8)4-2/h2-8H,1,9-10H2,(H,15,16);4H,2-3,5-6H2,1H3. The van der Waals surface area contributed by atoms with Crippen LogP contribution in [0.5, 0.6) is 5.75 Å². The van der Waals surface area contributed by atoms with Crippen LogP contribution in [0.25, 0.3) is 0 Å². The van der Waals surface area contributed by atoms with Crippen molar-refractivity contribution >= 4 is 17.9 Å². The van der Waals surface area contributed by atoms with Gasteiger partial charge in [-0.1, -0.05) is 44.7 Å². The highest BCUT2D eigenvalue weighted by Gasteiger charge is 2.05. The van der Waals surface area contributed by atoms with Crippen LogP contribution >= 0.6 is 0 Å². The summed E-state index contributed by atoms with van der Waals surface area (Å²) in [5, 5.41) is 8.38. The topological polar surface area (TPSA) is 99.1 Å². The molecular formula is C21H26O7. The Bertz CT molecular complexity index is 663. The van der Waals surface area contributed by atoms with Gasteiger partial charge in [0.05, 0.1) is 12.2 Å². The highest BCUT2D eigenvalue weighted by Crippen LogP contribution is 2.07. The molecule has 0 aliphatic carbocycles.